The zero-order valence-electron chi connectivity index (χ0n) is 4.79. The molecule has 0 saturated heterocycles. The number of carbonyl (C=O) groups excluding carboxylic acids is 1. The number of H-pyrrole nitrogens is 1. The number of hydrogen-bond donors (Lipinski definition) is 1. The molecule has 1 aromatic rings. The van der Waals surface area contributed by atoms with Crippen LogP contribution in [0.5, 0.6) is 0 Å². The van der Waals surface area contributed by atoms with Crippen molar-refractivity contribution >= 4 is 12.1 Å². The predicted octanol–water partition coefficient (Wildman–Crippen LogP) is -0.105. The van der Waals surface area contributed by atoms with E-state index in [9.17, 15) is 4.79 Å². The normalized spacial score (nSPS) is 8.89. The molecule has 0 unspecified atom stereocenters. The van der Waals surface area contributed by atoms with Gasteiger partial charge in [0.15, 0.2) is 6.29 Å². The number of nitrogens with one attached hydrogen (secondary N) is 1. The molecule has 0 radical (unpaired) electrons. The van der Waals surface area contributed by atoms with Crippen molar-refractivity contribution in [1.29, 1.82) is 0 Å². The van der Waals surface area contributed by atoms with Crippen LogP contribution in [-0.4, -0.2) is 6.29 Å². The first-order valence-corrected chi connectivity index (χ1v) is 2.56. The van der Waals surface area contributed by atoms with Crippen LogP contribution in [0.4, 0.5) is 5.82 Å². The molecule has 0 spiro atoms. The number of hydrogen-bond acceptors (Lipinski definition) is 2. The molecule has 0 aliphatic heterocycles. The minimum absolute atomic E-state index is 0.410. The Hall–Kier alpha value is -1.38. The molecule has 0 atom stereocenters. The van der Waals surface area contributed by atoms with Crippen LogP contribution < -0.4 is 10.7 Å². The molecule has 1 heterocycles. The lowest BCUT2D eigenvalue weighted by Gasteiger charge is -1.85. The molecule has 3 N–H and O–H groups in total. The maximum Gasteiger partial charge on any atom is 0.280 e. The molecule has 9 heavy (non-hydrogen) atoms. The van der Waals surface area contributed by atoms with E-state index < -0.39 is 0 Å². The Labute approximate surface area is 52.5 Å². The van der Waals surface area contributed by atoms with Crippen molar-refractivity contribution in [3.05, 3.63) is 23.9 Å². The van der Waals surface area contributed by atoms with Gasteiger partial charge in [0.1, 0.15) is 5.56 Å². The van der Waals surface area contributed by atoms with Gasteiger partial charge in [0, 0.05) is 0 Å². The van der Waals surface area contributed by atoms with Gasteiger partial charge in [0.2, 0.25) is 0 Å². The molecule has 0 saturated carbocycles. The summed E-state index contributed by atoms with van der Waals surface area (Å²) >= 11 is 0. The van der Waals surface area contributed by atoms with E-state index in [0.717, 1.165) is 0 Å². The minimum atomic E-state index is 0.410. The zero-order valence-corrected chi connectivity index (χ0v) is 4.79. The summed E-state index contributed by atoms with van der Waals surface area (Å²) in [6.45, 7) is 0. The van der Waals surface area contributed by atoms with E-state index in [2.05, 4.69) is 4.98 Å². The van der Waals surface area contributed by atoms with Gasteiger partial charge in [0.25, 0.3) is 5.82 Å². The van der Waals surface area contributed by atoms with E-state index in [4.69, 9.17) is 5.73 Å². The van der Waals surface area contributed by atoms with Gasteiger partial charge in [-0.15, -0.1) is 0 Å². The Kier molecular flexibility index (Phi) is 1.44. The van der Waals surface area contributed by atoms with E-state index >= 15 is 0 Å². The maximum absolute atomic E-state index is 10.1. The van der Waals surface area contributed by atoms with Gasteiger partial charge in [-0.1, -0.05) is 0 Å². The van der Waals surface area contributed by atoms with E-state index in [1.807, 2.05) is 0 Å². The van der Waals surface area contributed by atoms with Gasteiger partial charge in [0.05, 0.1) is 6.20 Å². The maximum atomic E-state index is 10.1. The van der Waals surface area contributed by atoms with Crippen LogP contribution in [0.25, 0.3) is 0 Å². The molecule has 46 valence electrons. The highest BCUT2D eigenvalue weighted by Crippen LogP contribution is 1.96. The molecule has 0 amide bonds. The first-order chi connectivity index (χ1) is 4.34. The lowest BCUT2D eigenvalue weighted by atomic mass is 10.3. The second kappa shape index (κ2) is 2.26. The number of rotatable bonds is 1. The smallest absolute Gasteiger partial charge is 0.280 e. The number of carbonyl (C=O) groups is 1. The van der Waals surface area contributed by atoms with Crippen molar-refractivity contribution in [1.82, 2.24) is 0 Å². The number of nitrogens with two attached hydrogens (primary N) is 1. The van der Waals surface area contributed by atoms with Gasteiger partial charge < -0.3 is 0 Å². The highest BCUT2D eigenvalue weighted by atomic mass is 16.1. The molecular formula is C6H7N2O+. The summed E-state index contributed by atoms with van der Waals surface area (Å²) in [6, 6.07) is 3.37. The van der Waals surface area contributed by atoms with Gasteiger partial charge >= 0.3 is 0 Å². The summed E-state index contributed by atoms with van der Waals surface area (Å²) in [5.41, 5.74) is 5.84. The SMILES string of the molecule is Nc1[nH+]cccc1C=O. The van der Waals surface area contributed by atoms with Crippen LogP contribution in [0.15, 0.2) is 18.3 Å². The highest BCUT2D eigenvalue weighted by Gasteiger charge is 1.98. The van der Waals surface area contributed by atoms with E-state index in [1.54, 1.807) is 18.3 Å². The monoisotopic (exact) mass is 123 g/mol. The second-order valence-electron chi connectivity index (χ2n) is 1.66. The Morgan fingerprint density at radius 3 is 2.89 bits per heavy atom. The third-order valence-corrected chi connectivity index (χ3v) is 1.05. The molecule has 1 rings (SSSR count). The molecule has 3 nitrogen and oxygen atoms in total. The van der Waals surface area contributed by atoms with Crippen molar-refractivity contribution < 1.29 is 9.78 Å². The first kappa shape index (κ1) is 5.75. The van der Waals surface area contributed by atoms with Crippen LogP contribution >= 0.6 is 0 Å². The fourth-order valence-corrected chi connectivity index (χ4v) is 0.566. The molecule has 3 heteroatoms. The summed E-state index contributed by atoms with van der Waals surface area (Å²) in [5, 5.41) is 0. The minimum Gasteiger partial charge on any atom is -0.298 e. The van der Waals surface area contributed by atoms with Crippen molar-refractivity contribution in [2.75, 3.05) is 5.73 Å². The second-order valence-corrected chi connectivity index (χ2v) is 1.66. The Morgan fingerprint density at radius 1 is 1.67 bits per heavy atom. The molecule has 0 fully saturated rings. The van der Waals surface area contributed by atoms with Crippen LogP contribution in [-0.2, 0) is 0 Å². The van der Waals surface area contributed by atoms with Gasteiger partial charge in [-0.25, -0.2) is 4.98 Å². The quantitative estimate of drug-likeness (QED) is 0.530. The summed E-state index contributed by atoms with van der Waals surface area (Å²) in [5.74, 6) is 0.410. The molecule has 1 aromatic heterocycles. The lowest BCUT2D eigenvalue weighted by molar-refractivity contribution is -0.360. The number of aldehydes is 1. The van der Waals surface area contributed by atoms with Crippen molar-refractivity contribution in [2.24, 2.45) is 0 Å². The first-order valence-electron chi connectivity index (χ1n) is 2.56. The topological polar surface area (TPSA) is 57.2 Å². The van der Waals surface area contributed by atoms with E-state index in [-0.39, 0.29) is 0 Å². The highest BCUT2D eigenvalue weighted by molar-refractivity contribution is 5.79. The Balaban J connectivity index is 3.15. The summed E-state index contributed by atoms with van der Waals surface area (Å²) in [4.78, 5) is 12.8. The van der Waals surface area contributed by atoms with Crippen molar-refractivity contribution in [3.63, 3.8) is 0 Å². The number of anilines is 1. The number of aromatic amines is 1. The Morgan fingerprint density at radius 2 is 2.44 bits per heavy atom. The van der Waals surface area contributed by atoms with Gasteiger partial charge in [-0.3, -0.25) is 10.5 Å². The lowest BCUT2D eigenvalue weighted by Crippen LogP contribution is -2.11. The van der Waals surface area contributed by atoms with Crippen molar-refractivity contribution in [2.45, 2.75) is 0 Å². The zero-order chi connectivity index (χ0) is 6.69. The van der Waals surface area contributed by atoms with Gasteiger partial charge in [-0.05, 0) is 12.1 Å². The average Bonchev–Trinajstić information content (AvgIpc) is 1.89. The summed E-state index contributed by atoms with van der Waals surface area (Å²) in [7, 11) is 0. The van der Waals surface area contributed by atoms with Crippen LogP contribution in [0.3, 0.4) is 0 Å². The molecule has 0 aliphatic carbocycles. The van der Waals surface area contributed by atoms with E-state index in [0.29, 0.717) is 17.7 Å². The van der Waals surface area contributed by atoms with Crippen LogP contribution in [0, 0.1) is 0 Å². The molecule has 0 aromatic carbocycles. The van der Waals surface area contributed by atoms with Crippen LogP contribution in [0.2, 0.25) is 0 Å². The number of pyridine rings is 1. The standard InChI is InChI=1S/C6H6N2O/c7-6-5(4-9)2-1-3-8-6/h1-4H,(H2,7,8)/p+1. The van der Waals surface area contributed by atoms with Crippen molar-refractivity contribution in [3.8, 4) is 0 Å². The van der Waals surface area contributed by atoms with Gasteiger partial charge in [-0.2, -0.15) is 0 Å². The molecule has 0 bridgehead atoms. The predicted molar refractivity (Wildman–Crippen MR) is 32.8 cm³/mol. The molecule has 0 aliphatic rings. The summed E-state index contributed by atoms with van der Waals surface area (Å²) in [6.07, 6.45) is 2.38. The Bertz CT molecular complexity index is 222. The fraction of sp³-hybridized carbons (Fsp3) is 0. The third-order valence-electron chi connectivity index (χ3n) is 1.05. The number of aromatic nitrogens is 1. The summed E-state index contributed by atoms with van der Waals surface area (Å²) < 4.78 is 0. The van der Waals surface area contributed by atoms with Crippen LogP contribution in [0.1, 0.15) is 10.4 Å². The largest absolute Gasteiger partial charge is 0.298 e. The third kappa shape index (κ3) is 1.05. The number of nitrogen functional groups attached to an aromatic ring is 1. The van der Waals surface area contributed by atoms with E-state index in [1.165, 1.54) is 0 Å². The fourth-order valence-electron chi connectivity index (χ4n) is 0.566. The molecular weight excluding hydrogens is 116 g/mol. The average molecular weight is 123 g/mol.